The van der Waals surface area contributed by atoms with E-state index in [9.17, 15) is 0 Å². The van der Waals surface area contributed by atoms with Crippen molar-refractivity contribution >= 4 is 34.4 Å². The molecule has 0 fully saturated rings. The topological polar surface area (TPSA) is 84.8 Å². The van der Waals surface area contributed by atoms with E-state index in [-0.39, 0.29) is 5.28 Å². The lowest BCUT2D eigenvalue weighted by Gasteiger charge is -2.16. The van der Waals surface area contributed by atoms with Crippen molar-refractivity contribution in [3.05, 3.63) is 52.3 Å². The Morgan fingerprint density at radius 2 is 1.85 bits per heavy atom. The van der Waals surface area contributed by atoms with E-state index in [2.05, 4.69) is 9.97 Å². The molecule has 0 unspecified atom stereocenters. The zero-order valence-electron chi connectivity index (χ0n) is 14.7. The van der Waals surface area contributed by atoms with Gasteiger partial charge in [-0.05, 0) is 65.9 Å². The minimum absolute atomic E-state index is 0.102. The second-order valence-corrected chi connectivity index (χ2v) is 6.28. The Balaban J connectivity index is 2.35. The summed E-state index contributed by atoms with van der Waals surface area (Å²) in [6.45, 7) is 4.03. The summed E-state index contributed by atoms with van der Waals surface area (Å²) in [7, 11) is 1.60. The van der Waals surface area contributed by atoms with E-state index in [1.807, 2.05) is 38.1 Å². The standard InChI is InChI=1S/C20H17ClN4O/c1-11-7-13(5-4-6-22)8-12(2)17(11)15-9-14(26-3)10-16-18(15)24-20(21)25-19(16)23/h4-5,7-10H,1-3H3,(H2,23,24,25). The fourth-order valence-electron chi connectivity index (χ4n) is 3.16. The van der Waals surface area contributed by atoms with E-state index in [1.54, 1.807) is 19.3 Å². The number of rotatable bonds is 3. The number of allylic oxidation sites excluding steroid dienone is 1. The maximum absolute atomic E-state index is 8.74. The third kappa shape index (κ3) is 3.19. The van der Waals surface area contributed by atoms with Crippen LogP contribution in [0, 0.1) is 25.2 Å². The average molecular weight is 365 g/mol. The number of hydrogen-bond acceptors (Lipinski definition) is 5. The van der Waals surface area contributed by atoms with Gasteiger partial charge in [0.25, 0.3) is 0 Å². The number of nitrogen functional groups attached to an aromatic ring is 1. The molecular formula is C20H17ClN4O. The molecular weight excluding hydrogens is 348 g/mol. The maximum atomic E-state index is 8.74. The number of methoxy groups -OCH3 is 1. The van der Waals surface area contributed by atoms with Crippen LogP contribution in [0.4, 0.5) is 5.82 Å². The van der Waals surface area contributed by atoms with Crippen molar-refractivity contribution in [2.45, 2.75) is 13.8 Å². The minimum Gasteiger partial charge on any atom is -0.497 e. The van der Waals surface area contributed by atoms with Gasteiger partial charge in [-0.3, -0.25) is 0 Å². The first-order valence-corrected chi connectivity index (χ1v) is 8.31. The first-order valence-electron chi connectivity index (χ1n) is 7.93. The van der Waals surface area contributed by atoms with Crippen LogP contribution < -0.4 is 10.5 Å². The highest BCUT2D eigenvalue weighted by molar-refractivity contribution is 6.29. The van der Waals surface area contributed by atoms with Crippen molar-refractivity contribution in [3.8, 4) is 22.9 Å². The van der Waals surface area contributed by atoms with E-state index >= 15 is 0 Å². The van der Waals surface area contributed by atoms with Crippen LogP contribution in [0.1, 0.15) is 16.7 Å². The fraction of sp³-hybridized carbons (Fsp3) is 0.150. The first kappa shape index (κ1) is 17.7. The molecule has 26 heavy (non-hydrogen) atoms. The normalized spacial score (nSPS) is 11.0. The van der Waals surface area contributed by atoms with Crippen LogP contribution in [-0.4, -0.2) is 17.1 Å². The molecule has 0 bridgehead atoms. The summed E-state index contributed by atoms with van der Waals surface area (Å²) < 4.78 is 5.43. The van der Waals surface area contributed by atoms with Gasteiger partial charge in [0.05, 0.1) is 18.7 Å². The molecule has 0 radical (unpaired) electrons. The Labute approximate surface area is 156 Å². The van der Waals surface area contributed by atoms with Gasteiger partial charge < -0.3 is 10.5 Å². The third-order valence-corrected chi connectivity index (χ3v) is 4.36. The van der Waals surface area contributed by atoms with Crippen LogP contribution in [0.3, 0.4) is 0 Å². The van der Waals surface area contributed by atoms with E-state index in [0.29, 0.717) is 22.5 Å². The Morgan fingerprint density at radius 3 is 2.46 bits per heavy atom. The number of halogens is 1. The van der Waals surface area contributed by atoms with Crippen molar-refractivity contribution in [1.82, 2.24) is 9.97 Å². The molecule has 130 valence electrons. The molecule has 0 saturated heterocycles. The largest absolute Gasteiger partial charge is 0.497 e. The summed E-state index contributed by atoms with van der Waals surface area (Å²) in [5.74, 6) is 0.974. The van der Waals surface area contributed by atoms with Crippen LogP contribution >= 0.6 is 11.6 Å². The van der Waals surface area contributed by atoms with Gasteiger partial charge in [0.1, 0.15) is 11.6 Å². The highest BCUT2D eigenvalue weighted by Crippen LogP contribution is 2.38. The van der Waals surface area contributed by atoms with E-state index in [0.717, 1.165) is 27.8 Å². The van der Waals surface area contributed by atoms with Crippen molar-refractivity contribution in [2.24, 2.45) is 0 Å². The number of anilines is 1. The van der Waals surface area contributed by atoms with Gasteiger partial charge in [0.2, 0.25) is 5.28 Å². The third-order valence-electron chi connectivity index (χ3n) is 4.19. The van der Waals surface area contributed by atoms with Crippen LogP contribution in [0.2, 0.25) is 5.28 Å². The summed E-state index contributed by atoms with van der Waals surface area (Å²) in [5.41, 5.74) is 11.7. The molecule has 0 saturated carbocycles. The molecule has 1 heterocycles. The molecule has 0 atom stereocenters. The Bertz CT molecular complexity index is 1060. The summed E-state index contributed by atoms with van der Waals surface area (Å²) in [6.07, 6.45) is 3.24. The number of aryl methyl sites for hydroxylation is 2. The number of hydrogen-bond donors (Lipinski definition) is 1. The summed E-state index contributed by atoms with van der Waals surface area (Å²) in [6, 6.07) is 9.78. The lowest BCUT2D eigenvalue weighted by atomic mass is 9.91. The zero-order valence-corrected chi connectivity index (χ0v) is 15.4. The second kappa shape index (κ2) is 7.03. The van der Waals surface area contributed by atoms with Gasteiger partial charge in [-0.2, -0.15) is 5.26 Å². The van der Waals surface area contributed by atoms with Crippen LogP contribution in [-0.2, 0) is 0 Å². The van der Waals surface area contributed by atoms with Gasteiger partial charge in [0, 0.05) is 17.0 Å². The van der Waals surface area contributed by atoms with Crippen molar-refractivity contribution in [2.75, 3.05) is 12.8 Å². The molecule has 0 spiro atoms. The Kier molecular flexibility index (Phi) is 4.79. The van der Waals surface area contributed by atoms with Gasteiger partial charge >= 0.3 is 0 Å². The maximum Gasteiger partial charge on any atom is 0.224 e. The molecule has 0 aliphatic rings. The lowest BCUT2D eigenvalue weighted by molar-refractivity contribution is 0.415. The predicted molar refractivity (Wildman–Crippen MR) is 105 cm³/mol. The van der Waals surface area contributed by atoms with Gasteiger partial charge in [-0.15, -0.1) is 0 Å². The number of aromatic nitrogens is 2. The Morgan fingerprint density at radius 1 is 1.15 bits per heavy atom. The van der Waals surface area contributed by atoms with E-state index in [4.69, 9.17) is 27.3 Å². The fourth-order valence-corrected chi connectivity index (χ4v) is 3.34. The molecule has 1 aromatic heterocycles. The number of fused-ring (bicyclic) bond motifs is 1. The minimum atomic E-state index is 0.102. The molecule has 5 nitrogen and oxygen atoms in total. The number of nitriles is 1. The number of nitrogens with two attached hydrogens (primary N) is 1. The monoisotopic (exact) mass is 364 g/mol. The molecule has 0 aliphatic carbocycles. The number of ether oxygens (including phenoxy) is 1. The molecule has 3 aromatic rings. The van der Waals surface area contributed by atoms with Crippen LogP contribution in [0.5, 0.6) is 5.75 Å². The number of nitrogens with zero attached hydrogens (tertiary/aromatic N) is 3. The summed E-state index contributed by atoms with van der Waals surface area (Å²) in [5, 5.41) is 9.53. The van der Waals surface area contributed by atoms with Crippen LogP contribution in [0.15, 0.2) is 30.3 Å². The SMILES string of the molecule is COc1cc(-c2c(C)cc(C=CC#N)cc2C)c2nc(Cl)nc(N)c2c1. The van der Waals surface area contributed by atoms with Gasteiger partial charge in [0.15, 0.2) is 0 Å². The molecule has 3 rings (SSSR count). The zero-order chi connectivity index (χ0) is 18.8. The highest BCUT2D eigenvalue weighted by Gasteiger charge is 2.16. The molecule has 2 aromatic carbocycles. The Hall–Kier alpha value is -3.10. The van der Waals surface area contributed by atoms with Crippen molar-refractivity contribution < 1.29 is 4.74 Å². The molecule has 0 amide bonds. The molecule has 0 aliphatic heterocycles. The van der Waals surface area contributed by atoms with E-state index < -0.39 is 0 Å². The van der Waals surface area contributed by atoms with Crippen molar-refractivity contribution in [1.29, 1.82) is 5.26 Å². The average Bonchev–Trinajstić information content (AvgIpc) is 2.59. The predicted octanol–water partition coefficient (Wildman–Crippen LogP) is 4.69. The summed E-state index contributed by atoms with van der Waals surface area (Å²) in [4.78, 5) is 8.45. The van der Waals surface area contributed by atoms with Gasteiger partial charge in [-0.25, -0.2) is 9.97 Å². The highest BCUT2D eigenvalue weighted by atomic mass is 35.5. The van der Waals surface area contributed by atoms with Crippen molar-refractivity contribution in [3.63, 3.8) is 0 Å². The second-order valence-electron chi connectivity index (χ2n) is 5.94. The number of benzene rings is 2. The first-order chi connectivity index (χ1) is 12.4. The smallest absolute Gasteiger partial charge is 0.224 e. The van der Waals surface area contributed by atoms with Crippen LogP contribution in [0.25, 0.3) is 28.1 Å². The van der Waals surface area contributed by atoms with Gasteiger partial charge in [-0.1, -0.05) is 12.1 Å². The lowest BCUT2D eigenvalue weighted by Crippen LogP contribution is -1.99. The summed E-state index contributed by atoms with van der Waals surface area (Å²) >= 11 is 6.05. The molecule has 6 heteroatoms. The van der Waals surface area contributed by atoms with E-state index in [1.165, 1.54) is 6.08 Å². The molecule has 2 N–H and O–H groups in total. The quantitative estimate of drug-likeness (QED) is 0.538.